The van der Waals surface area contributed by atoms with Crippen molar-refractivity contribution in [1.29, 1.82) is 5.26 Å². The van der Waals surface area contributed by atoms with Gasteiger partial charge in [0.15, 0.2) is 0 Å². The molecule has 7 heteroatoms. The molecule has 1 atom stereocenters. The minimum Gasteiger partial charge on any atom is -0.495 e. The summed E-state index contributed by atoms with van der Waals surface area (Å²) in [5.74, 6) is 0.0261. The Hall–Kier alpha value is -2.75. The summed E-state index contributed by atoms with van der Waals surface area (Å²) < 4.78 is 5.24. The van der Waals surface area contributed by atoms with Gasteiger partial charge >= 0.3 is 0 Å². The van der Waals surface area contributed by atoms with Crippen LogP contribution in [-0.4, -0.2) is 31.0 Å². The van der Waals surface area contributed by atoms with Gasteiger partial charge in [0.2, 0.25) is 11.8 Å². The van der Waals surface area contributed by atoms with Crippen molar-refractivity contribution in [1.82, 2.24) is 5.32 Å². The maximum absolute atomic E-state index is 12.1. The third kappa shape index (κ3) is 5.16. The number of nitrogens with one attached hydrogen (secondary N) is 3. The van der Waals surface area contributed by atoms with Crippen LogP contribution in [0.2, 0.25) is 0 Å². The van der Waals surface area contributed by atoms with E-state index in [0.717, 1.165) is 0 Å². The van der Waals surface area contributed by atoms with Crippen LogP contribution in [0.5, 0.6) is 5.75 Å². The van der Waals surface area contributed by atoms with Crippen LogP contribution < -0.4 is 20.7 Å². The largest absolute Gasteiger partial charge is 0.495 e. The van der Waals surface area contributed by atoms with Gasteiger partial charge in [-0.1, -0.05) is 13.8 Å². The lowest BCUT2D eigenvalue weighted by molar-refractivity contribution is -0.121. The zero-order valence-electron chi connectivity index (χ0n) is 14.7. The van der Waals surface area contributed by atoms with Gasteiger partial charge in [-0.15, -0.1) is 0 Å². The lowest BCUT2D eigenvalue weighted by Crippen LogP contribution is -2.50. The number of carbonyl (C=O) groups is 2. The van der Waals surface area contributed by atoms with Gasteiger partial charge in [-0.2, -0.15) is 5.26 Å². The molecule has 0 unspecified atom stereocenters. The summed E-state index contributed by atoms with van der Waals surface area (Å²) in [5, 5.41) is 17.6. The Morgan fingerprint density at radius 2 is 2.04 bits per heavy atom. The van der Waals surface area contributed by atoms with Crippen molar-refractivity contribution < 1.29 is 14.3 Å². The molecule has 0 aliphatic rings. The molecule has 0 heterocycles. The number of hydrogen-bond donors (Lipinski definition) is 3. The average molecular weight is 332 g/mol. The second-order valence-corrected chi connectivity index (χ2v) is 5.97. The van der Waals surface area contributed by atoms with E-state index in [1.165, 1.54) is 14.0 Å². The van der Waals surface area contributed by atoms with Gasteiger partial charge in [-0.05, 0) is 31.0 Å². The van der Waals surface area contributed by atoms with Crippen molar-refractivity contribution in [2.75, 3.05) is 24.3 Å². The molecular formula is C17H24N4O3. The fourth-order valence-corrected chi connectivity index (χ4v) is 1.94. The number of nitriles is 1. The minimum atomic E-state index is -0.930. The molecule has 0 aliphatic carbocycles. The van der Waals surface area contributed by atoms with Gasteiger partial charge in [0.25, 0.3) is 0 Å². The molecule has 0 spiro atoms. The maximum atomic E-state index is 12.1. The van der Waals surface area contributed by atoms with E-state index in [4.69, 9.17) is 4.74 Å². The Kier molecular flexibility index (Phi) is 6.59. The lowest BCUT2D eigenvalue weighted by atomic mass is 9.90. The fraction of sp³-hybridized carbons (Fsp3) is 0.471. The van der Waals surface area contributed by atoms with Gasteiger partial charge in [0.05, 0.1) is 25.4 Å². The molecule has 1 aromatic rings. The molecule has 0 bridgehead atoms. The summed E-state index contributed by atoms with van der Waals surface area (Å²) in [4.78, 5) is 23.3. The van der Waals surface area contributed by atoms with Crippen molar-refractivity contribution in [3.05, 3.63) is 18.2 Å². The number of ether oxygens (including phenoxy) is 1. The molecule has 0 saturated heterocycles. The summed E-state index contributed by atoms with van der Waals surface area (Å²) in [6.45, 7) is 6.82. The molecule has 3 N–H and O–H groups in total. The van der Waals surface area contributed by atoms with Crippen LogP contribution in [0, 0.1) is 17.2 Å². The van der Waals surface area contributed by atoms with Crippen LogP contribution in [0.4, 0.5) is 11.4 Å². The molecule has 0 aromatic heterocycles. The number of rotatable bonds is 7. The Labute approximate surface area is 142 Å². The summed E-state index contributed by atoms with van der Waals surface area (Å²) in [7, 11) is 1.52. The Balaban J connectivity index is 2.80. The molecule has 0 aliphatic heterocycles. The zero-order valence-corrected chi connectivity index (χ0v) is 14.7. The predicted octanol–water partition coefficient (Wildman–Crippen LogP) is 2.12. The van der Waals surface area contributed by atoms with Gasteiger partial charge in [0.1, 0.15) is 11.3 Å². The highest BCUT2D eigenvalue weighted by Crippen LogP contribution is 2.27. The van der Waals surface area contributed by atoms with Crippen LogP contribution >= 0.6 is 0 Å². The quantitative estimate of drug-likeness (QED) is 0.709. The number of methoxy groups -OCH3 is 1. The molecule has 130 valence electrons. The van der Waals surface area contributed by atoms with E-state index in [-0.39, 0.29) is 24.3 Å². The SMILES string of the molecule is COc1ccc(NC(C)=O)cc1NCC(=O)N[C@@](C)(C#N)C(C)C. The standard InChI is InChI=1S/C17H24N4O3/c1-11(2)17(4,10-18)21-16(23)9-19-14-8-13(20-12(3)22)6-7-15(14)24-5/h6-8,11,19H,9H2,1-5H3,(H,20,22)(H,21,23)/t17-/m0/s1. The molecule has 0 saturated carbocycles. The molecule has 1 rings (SSSR count). The van der Waals surface area contributed by atoms with Gasteiger partial charge in [-0.3, -0.25) is 9.59 Å². The number of amides is 2. The topological polar surface area (TPSA) is 103 Å². The van der Waals surface area contributed by atoms with Crippen LogP contribution in [0.25, 0.3) is 0 Å². The van der Waals surface area contributed by atoms with E-state index in [1.807, 2.05) is 13.8 Å². The number of nitrogens with zero attached hydrogens (tertiary/aromatic N) is 1. The molecule has 0 radical (unpaired) electrons. The van der Waals surface area contributed by atoms with Gasteiger partial charge in [0, 0.05) is 12.6 Å². The first-order valence-corrected chi connectivity index (χ1v) is 7.63. The minimum absolute atomic E-state index is 0.0239. The molecular weight excluding hydrogens is 308 g/mol. The van der Waals surface area contributed by atoms with Crippen molar-refractivity contribution in [2.45, 2.75) is 33.2 Å². The van der Waals surface area contributed by atoms with E-state index in [2.05, 4.69) is 22.0 Å². The average Bonchev–Trinajstić information content (AvgIpc) is 2.52. The first-order chi connectivity index (χ1) is 11.2. The Bertz CT molecular complexity index is 652. The summed E-state index contributed by atoms with van der Waals surface area (Å²) >= 11 is 0. The Morgan fingerprint density at radius 3 is 2.54 bits per heavy atom. The molecule has 1 aromatic carbocycles. The van der Waals surface area contributed by atoms with Crippen LogP contribution in [0.1, 0.15) is 27.7 Å². The highest BCUT2D eigenvalue weighted by molar-refractivity contribution is 5.90. The van der Waals surface area contributed by atoms with Crippen LogP contribution in [-0.2, 0) is 9.59 Å². The number of anilines is 2. The smallest absolute Gasteiger partial charge is 0.240 e. The molecule has 7 nitrogen and oxygen atoms in total. The predicted molar refractivity (Wildman–Crippen MR) is 92.8 cm³/mol. The third-order valence-electron chi connectivity index (χ3n) is 3.75. The molecule has 2 amide bonds. The van der Waals surface area contributed by atoms with Crippen molar-refractivity contribution in [2.24, 2.45) is 5.92 Å². The monoisotopic (exact) mass is 332 g/mol. The van der Waals surface area contributed by atoms with Crippen LogP contribution in [0.15, 0.2) is 18.2 Å². The lowest BCUT2D eigenvalue weighted by Gasteiger charge is -2.27. The van der Waals surface area contributed by atoms with E-state index in [9.17, 15) is 14.9 Å². The van der Waals surface area contributed by atoms with Crippen molar-refractivity contribution in [3.63, 3.8) is 0 Å². The van der Waals surface area contributed by atoms with E-state index in [0.29, 0.717) is 17.1 Å². The number of hydrogen-bond acceptors (Lipinski definition) is 5. The highest BCUT2D eigenvalue weighted by Gasteiger charge is 2.29. The second kappa shape index (κ2) is 8.20. The van der Waals surface area contributed by atoms with Crippen molar-refractivity contribution in [3.8, 4) is 11.8 Å². The van der Waals surface area contributed by atoms with E-state index >= 15 is 0 Å². The normalized spacial score (nSPS) is 12.7. The summed E-state index contributed by atoms with van der Waals surface area (Å²) in [5.41, 5.74) is 0.235. The Morgan fingerprint density at radius 1 is 1.38 bits per heavy atom. The van der Waals surface area contributed by atoms with E-state index < -0.39 is 5.54 Å². The van der Waals surface area contributed by atoms with Crippen LogP contribution in [0.3, 0.4) is 0 Å². The highest BCUT2D eigenvalue weighted by atomic mass is 16.5. The zero-order chi connectivity index (χ0) is 18.3. The molecule has 24 heavy (non-hydrogen) atoms. The second-order valence-electron chi connectivity index (χ2n) is 5.97. The first kappa shape index (κ1) is 19.3. The molecule has 0 fully saturated rings. The summed E-state index contributed by atoms with van der Waals surface area (Å²) in [6, 6.07) is 7.21. The number of benzene rings is 1. The van der Waals surface area contributed by atoms with Gasteiger partial charge in [-0.25, -0.2) is 0 Å². The van der Waals surface area contributed by atoms with Crippen molar-refractivity contribution >= 4 is 23.2 Å². The maximum Gasteiger partial charge on any atom is 0.240 e. The first-order valence-electron chi connectivity index (χ1n) is 7.63. The van der Waals surface area contributed by atoms with Gasteiger partial charge < -0.3 is 20.7 Å². The third-order valence-corrected chi connectivity index (χ3v) is 3.75. The number of carbonyl (C=O) groups excluding carboxylic acids is 2. The van der Waals surface area contributed by atoms with E-state index in [1.54, 1.807) is 25.1 Å². The fourth-order valence-electron chi connectivity index (χ4n) is 1.94. The summed E-state index contributed by atoms with van der Waals surface area (Å²) in [6.07, 6.45) is 0.